The van der Waals surface area contributed by atoms with Crippen molar-refractivity contribution >= 4 is 29.3 Å². The number of oxazole rings is 1. The van der Waals surface area contributed by atoms with Crippen LogP contribution in [0.1, 0.15) is 37.1 Å². The minimum atomic E-state index is 0.242. The van der Waals surface area contributed by atoms with Gasteiger partial charge in [-0.15, -0.1) is 11.8 Å². The van der Waals surface area contributed by atoms with Gasteiger partial charge in [-0.1, -0.05) is 24.4 Å². The fourth-order valence-electron chi connectivity index (χ4n) is 2.92. The zero-order valence-corrected chi connectivity index (χ0v) is 16.0. The van der Waals surface area contributed by atoms with Crippen LogP contribution in [0.15, 0.2) is 28.7 Å². The molecule has 0 unspecified atom stereocenters. The van der Waals surface area contributed by atoms with Gasteiger partial charge in [-0.3, -0.25) is 4.79 Å². The summed E-state index contributed by atoms with van der Waals surface area (Å²) in [5.74, 6) is 2.83. The molecule has 0 spiro atoms. The number of carbonyl (C=O) groups is 1. The largest absolute Gasteiger partial charge is 0.441 e. The van der Waals surface area contributed by atoms with Crippen LogP contribution in [-0.4, -0.2) is 34.6 Å². The van der Waals surface area contributed by atoms with Crippen molar-refractivity contribution in [3.63, 3.8) is 0 Å². The number of nitrogens with zero attached hydrogens (tertiary/aromatic N) is 2. The average molecular weight is 379 g/mol. The highest BCUT2D eigenvalue weighted by molar-refractivity contribution is 7.99. The molecule has 0 radical (unpaired) electrons. The van der Waals surface area contributed by atoms with Crippen LogP contribution >= 0.6 is 23.4 Å². The summed E-state index contributed by atoms with van der Waals surface area (Å²) in [7, 11) is 0. The third-order valence-electron chi connectivity index (χ3n) is 4.41. The summed E-state index contributed by atoms with van der Waals surface area (Å²) in [6, 6.07) is 7.44. The topological polar surface area (TPSA) is 46.3 Å². The van der Waals surface area contributed by atoms with Gasteiger partial charge in [0.15, 0.2) is 0 Å². The number of carbonyl (C=O) groups excluding carboxylic acids is 1. The van der Waals surface area contributed by atoms with Gasteiger partial charge in [0.25, 0.3) is 0 Å². The van der Waals surface area contributed by atoms with Gasteiger partial charge in [0.2, 0.25) is 11.8 Å². The zero-order chi connectivity index (χ0) is 17.6. The lowest BCUT2D eigenvalue weighted by atomic mass is 10.2. The van der Waals surface area contributed by atoms with Crippen molar-refractivity contribution in [2.45, 2.75) is 38.4 Å². The molecule has 0 saturated carbocycles. The van der Waals surface area contributed by atoms with Gasteiger partial charge in [-0.2, -0.15) is 0 Å². The number of thioether (sulfide) groups is 1. The molecular weight excluding hydrogens is 356 g/mol. The predicted molar refractivity (Wildman–Crippen MR) is 103 cm³/mol. The number of benzene rings is 1. The first-order valence-electron chi connectivity index (χ1n) is 8.71. The number of aromatic nitrogens is 1. The van der Waals surface area contributed by atoms with Crippen LogP contribution < -0.4 is 0 Å². The van der Waals surface area contributed by atoms with E-state index in [0.717, 1.165) is 42.9 Å². The van der Waals surface area contributed by atoms with Crippen molar-refractivity contribution in [1.29, 1.82) is 0 Å². The fourth-order valence-corrected chi connectivity index (χ4v) is 3.97. The zero-order valence-electron chi connectivity index (χ0n) is 14.5. The number of likely N-dealkylation sites (tertiary alicyclic amines) is 1. The second kappa shape index (κ2) is 8.77. The second-order valence-corrected chi connectivity index (χ2v) is 7.74. The summed E-state index contributed by atoms with van der Waals surface area (Å²) in [5, 5.41) is 0.690. The Kier molecular flexibility index (Phi) is 6.43. The summed E-state index contributed by atoms with van der Waals surface area (Å²) in [4.78, 5) is 18.9. The molecule has 0 aliphatic carbocycles. The number of hydrogen-bond acceptors (Lipinski definition) is 4. The molecule has 4 nitrogen and oxygen atoms in total. The fraction of sp³-hybridized carbons (Fsp3) is 0.474. The van der Waals surface area contributed by atoms with Gasteiger partial charge in [0.05, 0.1) is 11.4 Å². The molecule has 2 aromatic rings. The SMILES string of the molecule is Cc1oc(-c2ccc(Cl)cc2)nc1CSCC(=O)N1CCCCCC1. The van der Waals surface area contributed by atoms with Gasteiger partial charge in [0.1, 0.15) is 5.76 Å². The Morgan fingerprint density at radius 2 is 1.88 bits per heavy atom. The molecule has 3 rings (SSSR count). The number of rotatable bonds is 5. The lowest BCUT2D eigenvalue weighted by molar-refractivity contribution is -0.128. The molecule has 134 valence electrons. The Hall–Kier alpha value is -1.46. The van der Waals surface area contributed by atoms with Crippen molar-refractivity contribution in [2.75, 3.05) is 18.8 Å². The maximum atomic E-state index is 12.3. The summed E-state index contributed by atoms with van der Waals surface area (Å²) in [6.07, 6.45) is 4.73. The van der Waals surface area contributed by atoms with E-state index in [1.165, 1.54) is 12.8 Å². The first-order chi connectivity index (χ1) is 12.1. The number of aryl methyl sites for hydroxylation is 1. The van der Waals surface area contributed by atoms with Crippen molar-refractivity contribution in [3.05, 3.63) is 40.7 Å². The normalized spacial score (nSPS) is 15.2. The van der Waals surface area contributed by atoms with E-state index in [1.54, 1.807) is 11.8 Å². The van der Waals surface area contributed by atoms with E-state index < -0.39 is 0 Å². The van der Waals surface area contributed by atoms with E-state index in [9.17, 15) is 4.79 Å². The monoisotopic (exact) mass is 378 g/mol. The van der Waals surface area contributed by atoms with Crippen molar-refractivity contribution in [2.24, 2.45) is 0 Å². The van der Waals surface area contributed by atoms with Crippen molar-refractivity contribution < 1.29 is 9.21 Å². The van der Waals surface area contributed by atoms with Crippen LogP contribution in [0.3, 0.4) is 0 Å². The molecule has 0 N–H and O–H groups in total. The number of hydrogen-bond donors (Lipinski definition) is 0. The van der Waals surface area contributed by atoms with Gasteiger partial charge in [0, 0.05) is 29.4 Å². The van der Waals surface area contributed by atoms with E-state index in [-0.39, 0.29) is 5.91 Å². The lowest BCUT2D eigenvalue weighted by Crippen LogP contribution is -2.33. The van der Waals surface area contributed by atoms with Crippen LogP contribution in [0.25, 0.3) is 11.5 Å². The summed E-state index contributed by atoms with van der Waals surface area (Å²) < 4.78 is 5.77. The number of halogens is 1. The van der Waals surface area contributed by atoms with Crippen LogP contribution in [-0.2, 0) is 10.5 Å². The van der Waals surface area contributed by atoms with Crippen molar-refractivity contribution in [3.8, 4) is 11.5 Å². The Balaban J connectivity index is 1.54. The van der Waals surface area contributed by atoms with Crippen LogP contribution in [0, 0.1) is 6.92 Å². The van der Waals surface area contributed by atoms with E-state index >= 15 is 0 Å². The second-order valence-electron chi connectivity index (χ2n) is 6.32. The predicted octanol–water partition coefficient (Wildman–Crippen LogP) is 4.94. The molecule has 25 heavy (non-hydrogen) atoms. The standard InChI is InChI=1S/C19H23ClN2O2S/c1-14-17(21-19(24-14)15-6-8-16(20)9-7-15)12-25-13-18(23)22-10-4-2-3-5-11-22/h6-9H,2-5,10-13H2,1H3. The van der Waals surface area contributed by atoms with Crippen LogP contribution in [0.5, 0.6) is 0 Å². The van der Waals surface area contributed by atoms with E-state index in [1.807, 2.05) is 36.1 Å². The molecule has 1 aromatic heterocycles. The highest BCUT2D eigenvalue weighted by Gasteiger charge is 2.16. The van der Waals surface area contributed by atoms with Gasteiger partial charge in [-0.25, -0.2) is 4.98 Å². The van der Waals surface area contributed by atoms with Gasteiger partial charge in [-0.05, 0) is 44.0 Å². The highest BCUT2D eigenvalue weighted by Crippen LogP contribution is 2.25. The maximum absolute atomic E-state index is 12.3. The van der Waals surface area contributed by atoms with Crippen molar-refractivity contribution in [1.82, 2.24) is 9.88 Å². The highest BCUT2D eigenvalue weighted by atomic mass is 35.5. The van der Waals surface area contributed by atoms with Gasteiger partial charge >= 0.3 is 0 Å². The molecule has 1 aliphatic rings. The quantitative estimate of drug-likeness (QED) is 0.739. The van der Waals surface area contributed by atoms with Gasteiger partial charge < -0.3 is 9.32 Å². The molecule has 0 atom stereocenters. The summed E-state index contributed by atoms with van der Waals surface area (Å²) in [6.45, 7) is 3.73. The maximum Gasteiger partial charge on any atom is 0.232 e. The Morgan fingerprint density at radius 3 is 2.56 bits per heavy atom. The lowest BCUT2D eigenvalue weighted by Gasteiger charge is -2.19. The van der Waals surface area contributed by atoms with E-state index in [0.29, 0.717) is 22.4 Å². The van der Waals surface area contributed by atoms with E-state index in [4.69, 9.17) is 16.0 Å². The number of amides is 1. The Morgan fingerprint density at radius 1 is 1.20 bits per heavy atom. The Bertz CT molecular complexity index is 707. The molecular formula is C19H23ClN2O2S. The smallest absolute Gasteiger partial charge is 0.232 e. The molecule has 1 amide bonds. The average Bonchev–Trinajstić information content (AvgIpc) is 2.82. The van der Waals surface area contributed by atoms with Crippen LogP contribution in [0.2, 0.25) is 5.02 Å². The molecule has 1 aromatic carbocycles. The van der Waals surface area contributed by atoms with Crippen LogP contribution in [0.4, 0.5) is 0 Å². The molecule has 1 fully saturated rings. The molecule has 0 bridgehead atoms. The third kappa shape index (κ3) is 5.02. The third-order valence-corrected chi connectivity index (χ3v) is 5.59. The minimum absolute atomic E-state index is 0.242. The first kappa shape index (κ1) is 18.3. The molecule has 1 saturated heterocycles. The first-order valence-corrected chi connectivity index (χ1v) is 10.2. The summed E-state index contributed by atoms with van der Waals surface area (Å²) >= 11 is 7.52. The summed E-state index contributed by atoms with van der Waals surface area (Å²) in [5.41, 5.74) is 1.81. The molecule has 6 heteroatoms. The minimum Gasteiger partial charge on any atom is -0.441 e. The molecule has 1 aliphatic heterocycles. The van der Waals surface area contributed by atoms with E-state index in [2.05, 4.69) is 4.98 Å². The molecule has 2 heterocycles. The Labute approximate surface area is 157 Å².